The maximum atomic E-state index is 13.1. The fourth-order valence-corrected chi connectivity index (χ4v) is 5.09. The highest BCUT2D eigenvalue weighted by molar-refractivity contribution is 5.29. The number of nitrogens with zero attached hydrogens (tertiary/aromatic N) is 1. The average molecular weight is 423 g/mol. The zero-order valence-corrected chi connectivity index (χ0v) is 17.1. The number of hydrogen-bond acceptors (Lipinski definition) is 2. The van der Waals surface area contributed by atoms with Crippen molar-refractivity contribution in [2.75, 3.05) is 0 Å². The van der Waals surface area contributed by atoms with Crippen molar-refractivity contribution in [1.82, 2.24) is 0 Å². The number of nitriles is 1. The lowest BCUT2D eigenvalue weighted by atomic mass is 9.74. The molecule has 2 saturated carbocycles. The van der Waals surface area contributed by atoms with Gasteiger partial charge in [0.15, 0.2) is 5.83 Å². The number of allylic oxidation sites excluding steroid dienone is 2. The first kappa shape index (κ1) is 22.7. The van der Waals surface area contributed by atoms with Gasteiger partial charge >= 0.3 is 6.36 Å². The summed E-state index contributed by atoms with van der Waals surface area (Å²) in [6.07, 6.45) is 7.93. The van der Waals surface area contributed by atoms with E-state index in [9.17, 15) is 17.6 Å². The molecule has 1 aromatic carbocycles. The molecular formula is C24H29F4NO. The van der Waals surface area contributed by atoms with Crippen LogP contribution < -0.4 is 4.74 Å². The summed E-state index contributed by atoms with van der Waals surface area (Å²) in [7, 11) is 0. The summed E-state index contributed by atoms with van der Waals surface area (Å²) in [6.45, 7) is 0. The first-order chi connectivity index (χ1) is 14.3. The normalized spacial score (nSPS) is 28.0. The van der Waals surface area contributed by atoms with Crippen molar-refractivity contribution in [3.05, 3.63) is 41.7 Å². The fourth-order valence-electron chi connectivity index (χ4n) is 5.09. The smallest absolute Gasteiger partial charge is 0.406 e. The van der Waals surface area contributed by atoms with Gasteiger partial charge in [-0.2, -0.15) is 9.65 Å². The predicted molar refractivity (Wildman–Crippen MR) is 107 cm³/mol. The number of alkyl halides is 3. The summed E-state index contributed by atoms with van der Waals surface area (Å²) in [5.74, 6) is 1.24. The standard InChI is InChI=1S/C24H29F4NO/c25-22(16-29)15-19-5-3-17(4-6-19)1-2-18-7-9-20(10-8-18)21-11-13-23(14-12-21)30-24(26,27)28/h11-15,17-20H,1-10H2/b22-15-/t17-,18-,19-,20-. The van der Waals surface area contributed by atoms with Crippen LogP contribution in [-0.2, 0) is 0 Å². The van der Waals surface area contributed by atoms with Gasteiger partial charge < -0.3 is 4.74 Å². The highest BCUT2D eigenvalue weighted by atomic mass is 19.4. The van der Waals surface area contributed by atoms with E-state index in [0.29, 0.717) is 11.8 Å². The lowest BCUT2D eigenvalue weighted by Crippen LogP contribution is -2.18. The molecule has 164 valence electrons. The first-order valence-electron chi connectivity index (χ1n) is 11.0. The number of hydrogen-bond donors (Lipinski definition) is 0. The Morgan fingerprint density at radius 1 is 0.933 bits per heavy atom. The molecule has 2 aliphatic carbocycles. The predicted octanol–water partition coefficient (Wildman–Crippen LogP) is 7.82. The molecule has 0 unspecified atom stereocenters. The van der Waals surface area contributed by atoms with Crippen molar-refractivity contribution in [2.24, 2.45) is 17.8 Å². The molecule has 0 radical (unpaired) electrons. The van der Waals surface area contributed by atoms with Crippen LogP contribution in [-0.4, -0.2) is 6.36 Å². The summed E-state index contributed by atoms with van der Waals surface area (Å²) in [5.41, 5.74) is 1.10. The number of benzene rings is 1. The zero-order chi connectivity index (χ0) is 21.6. The van der Waals surface area contributed by atoms with Crippen LogP contribution in [0.2, 0.25) is 0 Å². The third kappa shape index (κ3) is 7.04. The van der Waals surface area contributed by atoms with Gasteiger partial charge in [-0.05, 0) is 98.8 Å². The Kier molecular flexibility index (Phi) is 7.80. The largest absolute Gasteiger partial charge is 0.573 e. The van der Waals surface area contributed by atoms with Crippen LogP contribution in [0.3, 0.4) is 0 Å². The Morgan fingerprint density at radius 2 is 1.47 bits per heavy atom. The minimum atomic E-state index is -4.65. The summed E-state index contributed by atoms with van der Waals surface area (Å²) in [4.78, 5) is 0. The van der Waals surface area contributed by atoms with Gasteiger partial charge in [-0.3, -0.25) is 0 Å². The summed E-state index contributed by atoms with van der Waals surface area (Å²) >= 11 is 0. The van der Waals surface area contributed by atoms with Crippen molar-refractivity contribution in [3.8, 4) is 11.8 Å². The summed E-state index contributed by atoms with van der Waals surface area (Å²) in [6, 6.07) is 7.89. The van der Waals surface area contributed by atoms with Crippen molar-refractivity contribution in [3.63, 3.8) is 0 Å². The number of halogens is 4. The Balaban J connectivity index is 1.37. The molecule has 30 heavy (non-hydrogen) atoms. The Labute approximate surface area is 175 Å². The molecule has 0 amide bonds. The molecule has 0 bridgehead atoms. The van der Waals surface area contributed by atoms with Gasteiger partial charge in [-0.1, -0.05) is 25.0 Å². The molecule has 6 heteroatoms. The van der Waals surface area contributed by atoms with Crippen molar-refractivity contribution >= 4 is 0 Å². The van der Waals surface area contributed by atoms with E-state index in [-0.39, 0.29) is 11.7 Å². The van der Waals surface area contributed by atoms with Gasteiger partial charge in [0.1, 0.15) is 11.8 Å². The Bertz CT molecular complexity index is 734. The minimum Gasteiger partial charge on any atom is -0.406 e. The van der Waals surface area contributed by atoms with Crippen LogP contribution in [0.5, 0.6) is 5.75 Å². The second-order valence-corrected chi connectivity index (χ2v) is 8.82. The van der Waals surface area contributed by atoms with Crippen LogP contribution in [0, 0.1) is 29.1 Å². The van der Waals surface area contributed by atoms with Crippen molar-refractivity contribution < 1.29 is 22.3 Å². The molecule has 0 atom stereocenters. The second-order valence-electron chi connectivity index (χ2n) is 8.82. The average Bonchev–Trinajstić information content (AvgIpc) is 2.73. The summed E-state index contributed by atoms with van der Waals surface area (Å²) in [5, 5.41) is 8.55. The maximum Gasteiger partial charge on any atom is 0.573 e. The topological polar surface area (TPSA) is 33.0 Å². The second kappa shape index (κ2) is 10.3. The molecule has 2 fully saturated rings. The lowest BCUT2D eigenvalue weighted by molar-refractivity contribution is -0.274. The van der Waals surface area contributed by atoms with Gasteiger partial charge in [0, 0.05) is 0 Å². The molecular weight excluding hydrogens is 394 g/mol. The SMILES string of the molecule is N#C/C(F)=C/[C@H]1CC[C@H](CC[C@H]2CC[C@H](c3ccc(OC(F)(F)F)cc3)CC2)CC1. The van der Waals surface area contributed by atoms with Gasteiger partial charge in [0.05, 0.1) is 0 Å². The fraction of sp³-hybridized carbons (Fsp3) is 0.625. The number of ether oxygens (including phenoxy) is 1. The molecule has 3 rings (SSSR count). The van der Waals surface area contributed by atoms with Gasteiger partial charge in [0.25, 0.3) is 0 Å². The number of rotatable bonds is 6. The molecule has 0 aromatic heterocycles. The quantitative estimate of drug-likeness (QED) is 0.345. The van der Waals surface area contributed by atoms with Gasteiger partial charge in [-0.15, -0.1) is 13.2 Å². The Hall–Kier alpha value is -2.03. The molecule has 0 spiro atoms. The van der Waals surface area contributed by atoms with E-state index in [1.54, 1.807) is 18.2 Å². The van der Waals surface area contributed by atoms with E-state index < -0.39 is 12.2 Å². The monoisotopic (exact) mass is 423 g/mol. The van der Waals surface area contributed by atoms with E-state index >= 15 is 0 Å². The zero-order valence-electron chi connectivity index (χ0n) is 17.1. The van der Waals surface area contributed by atoms with Crippen LogP contribution in [0.1, 0.15) is 75.7 Å². The van der Waals surface area contributed by atoms with E-state index in [0.717, 1.165) is 62.8 Å². The molecule has 1 aromatic rings. The first-order valence-corrected chi connectivity index (χ1v) is 11.0. The molecule has 0 saturated heterocycles. The third-order valence-electron chi connectivity index (χ3n) is 6.80. The van der Waals surface area contributed by atoms with Crippen LogP contribution >= 0.6 is 0 Å². The van der Waals surface area contributed by atoms with E-state index in [2.05, 4.69) is 4.74 Å². The van der Waals surface area contributed by atoms with Gasteiger partial charge in [0.2, 0.25) is 0 Å². The van der Waals surface area contributed by atoms with E-state index in [1.807, 2.05) is 0 Å². The van der Waals surface area contributed by atoms with Crippen LogP contribution in [0.4, 0.5) is 17.6 Å². The molecule has 2 nitrogen and oxygen atoms in total. The van der Waals surface area contributed by atoms with Crippen LogP contribution in [0.15, 0.2) is 36.2 Å². The lowest BCUT2D eigenvalue weighted by Gasteiger charge is -2.31. The molecule has 0 N–H and O–H groups in total. The molecule has 2 aliphatic rings. The molecule has 0 aliphatic heterocycles. The van der Waals surface area contributed by atoms with Crippen molar-refractivity contribution in [1.29, 1.82) is 5.26 Å². The highest BCUT2D eigenvalue weighted by Gasteiger charge is 2.31. The Morgan fingerprint density at radius 3 is 1.97 bits per heavy atom. The van der Waals surface area contributed by atoms with Crippen LogP contribution in [0.25, 0.3) is 0 Å². The maximum absolute atomic E-state index is 13.1. The van der Waals surface area contributed by atoms with Crippen molar-refractivity contribution in [2.45, 2.75) is 76.5 Å². The van der Waals surface area contributed by atoms with Gasteiger partial charge in [-0.25, -0.2) is 0 Å². The van der Waals surface area contributed by atoms with E-state index in [1.165, 1.54) is 31.1 Å². The van der Waals surface area contributed by atoms with E-state index in [4.69, 9.17) is 5.26 Å². The summed E-state index contributed by atoms with van der Waals surface area (Å²) < 4.78 is 53.9. The third-order valence-corrected chi connectivity index (χ3v) is 6.80. The molecule has 0 heterocycles. The highest BCUT2D eigenvalue weighted by Crippen LogP contribution is 2.40. The minimum absolute atomic E-state index is 0.166.